The van der Waals surface area contributed by atoms with Crippen LogP contribution in [0.3, 0.4) is 0 Å². The number of nitriles is 1. The third-order valence-electron chi connectivity index (χ3n) is 3.65. The Kier molecular flexibility index (Phi) is 4.26. The van der Waals surface area contributed by atoms with Crippen molar-refractivity contribution < 1.29 is 4.39 Å². The van der Waals surface area contributed by atoms with Gasteiger partial charge in [0, 0.05) is 17.8 Å². The molecule has 4 heteroatoms. The van der Waals surface area contributed by atoms with E-state index >= 15 is 0 Å². The second-order valence-electron chi connectivity index (χ2n) is 4.76. The molecule has 0 amide bonds. The molecule has 0 unspecified atom stereocenters. The fraction of sp³-hybridized carbons (Fsp3) is 0.500. The zero-order valence-electron chi connectivity index (χ0n) is 10.5. The van der Waals surface area contributed by atoms with Crippen molar-refractivity contribution in [2.45, 2.75) is 30.6 Å². The van der Waals surface area contributed by atoms with Gasteiger partial charge in [0.2, 0.25) is 0 Å². The molecule has 0 saturated heterocycles. The minimum atomic E-state index is -0.283. The molecule has 0 radical (unpaired) electrons. The molecule has 0 heterocycles. The van der Waals surface area contributed by atoms with Crippen molar-refractivity contribution in [2.75, 3.05) is 12.8 Å². The Bertz CT molecular complexity index is 458. The van der Waals surface area contributed by atoms with Crippen LogP contribution in [0.25, 0.3) is 0 Å². The zero-order valence-corrected chi connectivity index (χ0v) is 11.3. The van der Waals surface area contributed by atoms with Crippen LogP contribution in [0.1, 0.15) is 30.4 Å². The average molecular weight is 264 g/mol. The lowest BCUT2D eigenvalue weighted by atomic mass is 9.84. The maximum Gasteiger partial charge on any atom is 0.123 e. The van der Waals surface area contributed by atoms with E-state index < -0.39 is 0 Å². The second-order valence-corrected chi connectivity index (χ2v) is 6.03. The first-order valence-corrected chi connectivity index (χ1v) is 7.36. The van der Waals surface area contributed by atoms with E-state index in [0.717, 1.165) is 12.1 Å². The van der Waals surface area contributed by atoms with Crippen LogP contribution in [-0.2, 0) is 6.54 Å². The summed E-state index contributed by atoms with van der Waals surface area (Å²) in [5.41, 5.74) is 1.30. The summed E-state index contributed by atoms with van der Waals surface area (Å²) in [6.45, 7) is 1.48. The molecule has 0 bridgehead atoms. The number of thioether (sulfide) groups is 1. The minimum Gasteiger partial charge on any atom is -0.311 e. The largest absolute Gasteiger partial charge is 0.311 e. The highest BCUT2D eigenvalue weighted by Gasteiger charge is 2.35. The van der Waals surface area contributed by atoms with Gasteiger partial charge >= 0.3 is 0 Å². The number of halogens is 1. The summed E-state index contributed by atoms with van der Waals surface area (Å²) in [6, 6.07) is 6.42. The normalized spacial score (nSPS) is 16.9. The van der Waals surface area contributed by atoms with Crippen LogP contribution in [0.4, 0.5) is 4.39 Å². The standard InChI is InChI=1S/C14H17FN2S/c1-18-14(5-2-6-14)10-17-9-12-7-13(15)4-3-11(12)8-16/h3-4,7,17H,2,5-6,9-10H2,1H3. The molecule has 1 N–H and O–H groups in total. The predicted molar refractivity (Wildman–Crippen MR) is 72.9 cm³/mol. The fourth-order valence-electron chi connectivity index (χ4n) is 2.27. The van der Waals surface area contributed by atoms with Gasteiger partial charge in [-0.15, -0.1) is 0 Å². The number of benzene rings is 1. The van der Waals surface area contributed by atoms with Crippen molar-refractivity contribution in [3.63, 3.8) is 0 Å². The van der Waals surface area contributed by atoms with Crippen LogP contribution in [0, 0.1) is 17.1 Å². The highest BCUT2D eigenvalue weighted by Crippen LogP contribution is 2.42. The molecular formula is C14H17FN2S. The Morgan fingerprint density at radius 3 is 2.83 bits per heavy atom. The Morgan fingerprint density at radius 1 is 1.50 bits per heavy atom. The highest BCUT2D eigenvalue weighted by molar-refractivity contribution is 8.00. The van der Waals surface area contributed by atoms with Crippen LogP contribution < -0.4 is 5.32 Å². The summed E-state index contributed by atoms with van der Waals surface area (Å²) in [7, 11) is 0. The molecule has 0 aliphatic heterocycles. The molecule has 1 aromatic rings. The Hall–Kier alpha value is -1.05. The average Bonchev–Trinajstić information content (AvgIpc) is 2.33. The van der Waals surface area contributed by atoms with E-state index in [1.807, 2.05) is 11.8 Å². The lowest BCUT2D eigenvalue weighted by Gasteiger charge is -2.40. The van der Waals surface area contributed by atoms with Gasteiger partial charge in [0.1, 0.15) is 5.82 Å². The van der Waals surface area contributed by atoms with Crippen molar-refractivity contribution in [1.29, 1.82) is 5.26 Å². The monoisotopic (exact) mass is 264 g/mol. The minimum absolute atomic E-state index is 0.283. The van der Waals surface area contributed by atoms with E-state index in [2.05, 4.69) is 17.6 Å². The first kappa shape index (κ1) is 13.4. The van der Waals surface area contributed by atoms with Crippen molar-refractivity contribution in [3.05, 3.63) is 35.1 Å². The van der Waals surface area contributed by atoms with E-state index in [4.69, 9.17) is 5.26 Å². The fourth-order valence-corrected chi connectivity index (χ4v) is 3.21. The molecule has 1 aliphatic carbocycles. The van der Waals surface area contributed by atoms with Gasteiger partial charge in [-0.3, -0.25) is 0 Å². The number of nitrogens with zero attached hydrogens (tertiary/aromatic N) is 1. The van der Waals surface area contributed by atoms with Gasteiger partial charge in [-0.2, -0.15) is 17.0 Å². The van der Waals surface area contributed by atoms with E-state index in [0.29, 0.717) is 16.9 Å². The summed E-state index contributed by atoms with van der Waals surface area (Å²) in [5.74, 6) is -0.283. The molecule has 0 aromatic heterocycles. The lowest BCUT2D eigenvalue weighted by Crippen LogP contribution is -2.43. The van der Waals surface area contributed by atoms with Crippen LogP contribution in [0.5, 0.6) is 0 Å². The maximum absolute atomic E-state index is 13.1. The van der Waals surface area contributed by atoms with Crippen LogP contribution >= 0.6 is 11.8 Å². The molecule has 0 atom stereocenters. The van der Waals surface area contributed by atoms with Crippen molar-refractivity contribution in [1.82, 2.24) is 5.32 Å². The van der Waals surface area contributed by atoms with Gasteiger partial charge < -0.3 is 5.32 Å². The van der Waals surface area contributed by atoms with Gasteiger partial charge in [0.25, 0.3) is 0 Å². The molecular weight excluding hydrogens is 247 g/mol. The van der Waals surface area contributed by atoms with Crippen molar-refractivity contribution in [2.24, 2.45) is 0 Å². The Labute approximate surface area is 112 Å². The smallest absolute Gasteiger partial charge is 0.123 e. The third kappa shape index (κ3) is 2.85. The first-order chi connectivity index (χ1) is 8.69. The second kappa shape index (κ2) is 5.73. The maximum atomic E-state index is 13.1. The summed E-state index contributed by atoms with van der Waals surface area (Å²) in [4.78, 5) is 0. The number of hydrogen-bond acceptors (Lipinski definition) is 3. The quantitative estimate of drug-likeness (QED) is 0.887. The van der Waals surface area contributed by atoms with Crippen molar-refractivity contribution >= 4 is 11.8 Å². The summed E-state index contributed by atoms with van der Waals surface area (Å²) in [6.07, 6.45) is 5.93. The molecule has 1 saturated carbocycles. The third-order valence-corrected chi connectivity index (χ3v) is 5.07. The number of nitrogens with one attached hydrogen (secondary N) is 1. The van der Waals surface area contributed by atoms with Crippen molar-refractivity contribution in [3.8, 4) is 6.07 Å². The SMILES string of the molecule is CSC1(CNCc2cc(F)ccc2C#N)CCC1. The zero-order chi connectivity index (χ0) is 13.0. The topological polar surface area (TPSA) is 35.8 Å². The molecule has 18 heavy (non-hydrogen) atoms. The van der Waals surface area contributed by atoms with Crippen LogP contribution in [-0.4, -0.2) is 17.5 Å². The van der Waals surface area contributed by atoms with Crippen LogP contribution in [0.15, 0.2) is 18.2 Å². The number of hydrogen-bond donors (Lipinski definition) is 1. The van der Waals surface area contributed by atoms with Gasteiger partial charge in [0.15, 0.2) is 0 Å². The van der Waals surface area contributed by atoms with Gasteiger partial charge in [0.05, 0.1) is 11.6 Å². The van der Waals surface area contributed by atoms with E-state index in [1.54, 1.807) is 6.07 Å². The van der Waals surface area contributed by atoms with E-state index in [9.17, 15) is 4.39 Å². The Morgan fingerprint density at radius 2 is 2.28 bits per heavy atom. The molecule has 1 fully saturated rings. The molecule has 0 spiro atoms. The summed E-state index contributed by atoms with van der Waals surface area (Å²) >= 11 is 1.91. The highest BCUT2D eigenvalue weighted by atomic mass is 32.2. The molecule has 2 rings (SSSR count). The Balaban J connectivity index is 1.94. The van der Waals surface area contributed by atoms with Gasteiger partial charge in [-0.1, -0.05) is 6.42 Å². The van der Waals surface area contributed by atoms with Gasteiger partial charge in [-0.25, -0.2) is 4.39 Å². The lowest BCUT2D eigenvalue weighted by molar-refractivity contribution is 0.345. The first-order valence-electron chi connectivity index (χ1n) is 6.13. The molecule has 1 aromatic carbocycles. The summed E-state index contributed by atoms with van der Waals surface area (Å²) in [5, 5.41) is 12.3. The molecule has 1 aliphatic rings. The summed E-state index contributed by atoms with van der Waals surface area (Å²) < 4.78 is 13.5. The van der Waals surface area contributed by atoms with Crippen LogP contribution in [0.2, 0.25) is 0 Å². The van der Waals surface area contributed by atoms with E-state index in [1.165, 1.54) is 31.4 Å². The molecule has 96 valence electrons. The number of rotatable bonds is 5. The van der Waals surface area contributed by atoms with Gasteiger partial charge in [-0.05, 0) is 42.9 Å². The van der Waals surface area contributed by atoms with E-state index in [-0.39, 0.29) is 5.82 Å². The molecule has 2 nitrogen and oxygen atoms in total. The predicted octanol–water partition coefficient (Wildman–Crippen LogP) is 3.07.